The van der Waals surface area contributed by atoms with Gasteiger partial charge in [0, 0.05) is 29.9 Å². The monoisotopic (exact) mass is 296 g/mol. The van der Waals surface area contributed by atoms with Crippen LogP contribution < -0.4 is 11.3 Å². The Labute approximate surface area is 119 Å². The summed E-state index contributed by atoms with van der Waals surface area (Å²) in [5.41, 5.74) is 6.49. The van der Waals surface area contributed by atoms with Gasteiger partial charge in [-0.25, -0.2) is 4.98 Å². The van der Waals surface area contributed by atoms with Crippen LogP contribution in [0.2, 0.25) is 0 Å². The number of thiazole rings is 1. The highest BCUT2D eigenvalue weighted by Crippen LogP contribution is 2.12. The molecule has 0 aliphatic rings. The van der Waals surface area contributed by atoms with Crippen molar-refractivity contribution in [1.29, 1.82) is 0 Å². The third kappa shape index (κ3) is 3.81. The van der Waals surface area contributed by atoms with Gasteiger partial charge in [-0.2, -0.15) is 0 Å². The number of fused-ring (bicyclic) bond motifs is 1. The lowest BCUT2D eigenvalue weighted by atomic mass is 10.3. The second-order valence-electron chi connectivity index (χ2n) is 4.00. The summed E-state index contributed by atoms with van der Waals surface area (Å²) in [6.07, 6.45) is 3.88. The molecule has 0 unspecified atom stereocenters. The molecule has 0 aliphatic heterocycles. The van der Waals surface area contributed by atoms with E-state index in [1.165, 1.54) is 27.5 Å². The summed E-state index contributed by atoms with van der Waals surface area (Å²) in [4.78, 5) is 21.2. The van der Waals surface area contributed by atoms with Crippen molar-refractivity contribution in [2.45, 2.75) is 25.5 Å². The molecule has 2 heterocycles. The fourth-order valence-electron chi connectivity index (χ4n) is 1.50. The normalized spacial score (nSPS) is 12.2. The first-order valence-electron chi connectivity index (χ1n) is 6.09. The number of hydrogen-bond donors (Lipinski definition) is 1. The Kier molecular flexibility index (Phi) is 4.98. The number of hydrogen-bond acceptors (Lipinski definition) is 5. The predicted molar refractivity (Wildman–Crippen MR) is 82.0 cm³/mol. The SMILES string of the molecule is CCCCN=C(N)SCc1cc(=O)n2ccsc2n1. The maximum Gasteiger partial charge on any atom is 0.258 e. The smallest absolute Gasteiger partial charge is 0.258 e. The van der Waals surface area contributed by atoms with E-state index in [1.54, 1.807) is 12.3 Å². The van der Waals surface area contributed by atoms with Gasteiger partial charge in [-0.05, 0) is 6.42 Å². The zero-order chi connectivity index (χ0) is 13.7. The summed E-state index contributed by atoms with van der Waals surface area (Å²) in [5, 5.41) is 2.41. The van der Waals surface area contributed by atoms with Crippen molar-refractivity contribution in [3.8, 4) is 0 Å². The molecule has 0 fully saturated rings. The first-order chi connectivity index (χ1) is 9.20. The van der Waals surface area contributed by atoms with Crippen molar-refractivity contribution in [3.05, 3.63) is 33.7 Å². The zero-order valence-electron chi connectivity index (χ0n) is 10.7. The van der Waals surface area contributed by atoms with Crippen LogP contribution in [0.25, 0.3) is 4.96 Å². The van der Waals surface area contributed by atoms with E-state index in [1.807, 2.05) is 5.38 Å². The summed E-state index contributed by atoms with van der Waals surface area (Å²) in [6, 6.07) is 1.55. The number of amidine groups is 1. The van der Waals surface area contributed by atoms with E-state index < -0.39 is 0 Å². The summed E-state index contributed by atoms with van der Waals surface area (Å²) < 4.78 is 1.54. The van der Waals surface area contributed by atoms with Gasteiger partial charge < -0.3 is 5.73 Å². The van der Waals surface area contributed by atoms with Crippen LogP contribution in [0.5, 0.6) is 0 Å². The van der Waals surface area contributed by atoms with E-state index in [9.17, 15) is 4.79 Å². The van der Waals surface area contributed by atoms with E-state index in [-0.39, 0.29) is 5.56 Å². The first-order valence-corrected chi connectivity index (χ1v) is 7.95. The standard InChI is InChI=1S/C12H16N4OS2/c1-2-3-4-14-11(13)19-8-9-7-10(17)16-5-6-18-12(16)15-9/h5-7H,2-4,8H2,1H3,(H2,13,14). The molecule has 2 aromatic heterocycles. The molecule has 0 atom stereocenters. The zero-order valence-corrected chi connectivity index (χ0v) is 12.3. The Bertz CT molecular complexity index is 632. The molecule has 0 spiro atoms. The fourth-order valence-corrected chi connectivity index (χ4v) is 2.87. The van der Waals surface area contributed by atoms with E-state index >= 15 is 0 Å². The highest BCUT2D eigenvalue weighted by atomic mass is 32.2. The molecule has 0 aromatic carbocycles. The Morgan fingerprint density at radius 3 is 3.26 bits per heavy atom. The number of rotatable bonds is 5. The van der Waals surface area contributed by atoms with Gasteiger partial charge in [-0.1, -0.05) is 25.1 Å². The molecule has 0 saturated carbocycles. The molecule has 7 heteroatoms. The average Bonchev–Trinajstić information content (AvgIpc) is 2.85. The third-order valence-electron chi connectivity index (χ3n) is 2.50. The van der Waals surface area contributed by atoms with Gasteiger partial charge in [-0.3, -0.25) is 14.2 Å². The molecule has 0 amide bonds. The van der Waals surface area contributed by atoms with Crippen molar-refractivity contribution < 1.29 is 0 Å². The molecule has 102 valence electrons. The molecule has 19 heavy (non-hydrogen) atoms. The molecule has 0 bridgehead atoms. The van der Waals surface area contributed by atoms with Crippen LogP contribution in [0, 0.1) is 0 Å². The molecule has 0 saturated heterocycles. The van der Waals surface area contributed by atoms with E-state index in [0.29, 0.717) is 15.9 Å². The number of nitrogens with zero attached hydrogens (tertiary/aromatic N) is 3. The Morgan fingerprint density at radius 2 is 2.47 bits per heavy atom. The minimum absolute atomic E-state index is 0.0525. The average molecular weight is 296 g/mol. The number of unbranched alkanes of at least 4 members (excludes halogenated alkanes) is 1. The van der Waals surface area contributed by atoms with Crippen LogP contribution >= 0.6 is 23.1 Å². The number of aliphatic imine (C=N–C) groups is 1. The number of thioether (sulfide) groups is 1. The highest BCUT2D eigenvalue weighted by Gasteiger charge is 2.04. The molecule has 2 N–H and O–H groups in total. The summed E-state index contributed by atoms with van der Waals surface area (Å²) in [5.74, 6) is 0.575. The van der Waals surface area contributed by atoms with Crippen LogP contribution in [-0.2, 0) is 5.75 Å². The highest BCUT2D eigenvalue weighted by molar-refractivity contribution is 8.13. The van der Waals surface area contributed by atoms with Gasteiger partial charge in [-0.15, -0.1) is 11.3 Å². The van der Waals surface area contributed by atoms with Gasteiger partial charge in [0.05, 0.1) is 5.69 Å². The topological polar surface area (TPSA) is 72.8 Å². The molecule has 0 aliphatic carbocycles. The fraction of sp³-hybridized carbons (Fsp3) is 0.417. The lowest BCUT2D eigenvalue weighted by Crippen LogP contribution is -2.13. The molecular weight excluding hydrogens is 280 g/mol. The van der Waals surface area contributed by atoms with Crippen molar-refractivity contribution in [1.82, 2.24) is 9.38 Å². The maximum absolute atomic E-state index is 11.8. The number of nitrogens with two attached hydrogens (primary N) is 1. The lowest BCUT2D eigenvalue weighted by Gasteiger charge is -2.01. The largest absolute Gasteiger partial charge is 0.379 e. The van der Waals surface area contributed by atoms with Crippen molar-refractivity contribution in [2.24, 2.45) is 10.7 Å². The molecule has 0 radical (unpaired) electrons. The minimum atomic E-state index is -0.0525. The minimum Gasteiger partial charge on any atom is -0.379 e. The quantitative estimate of drug-likeness (QED) is 0.521. The number of aromatic nitrogens is 2. The molecule has 5 nitrogen and oxygen atoms in total. The molecular formula is C12H16N4OS2. The Balaban J connectivity index is 2.01. The van der Waals surface area contributed by atoms with Gasteiger partial charge >= 0.3 is 0 Å². The molecule has 2 aromatic rings. The van der Waals surface area contributed by atoms with Gasteiger partial charge in [0.2, 0.25) is 0 Å². The lowest BCUT2D eigenvalue weighted by molar-refractivity contribution is 0.809. The second kappa shape index (κ2) is 6.72. The van der Waals surface area contributed by atoms with Gasteiger partial charge in [0.25, 0.3) is 5.56 Å². The van der Waals surface area contributed by atoms with Crippen LogP contribution in [-0.4, -0.2) is 21.1 Å². The van der Waals surface area contributed by atoms with E-state index in [2.05, 4.69) is 16.9 Å². The summed E-state index contributed by atoms with van der Waals surface area (Å²) in [6.45, 7) is 2.88. The predicted octanol–water partition coefficient (Wildman–Crippen LogP) is 2.10. The van der Waals surface area contributed by atoms with E-state index in [0.717, 1.165) is 25.1 Å². The first kappa shape index (κ1) is 14.1. The summed E-state index contributed by atoms with van der Waals surface area (Å²) >= 11 is 2.87. The van der Waals surface area contributed by atoms with Crippen molar-refractivity contribution in [2.75, 3.05) is 6.54 Å². The Hall–Kier alpha value is -1.34. The van der Waals surface area contributed by atoms with E-state index in [4.69, 9.17) is 5.73 Å². The van der Waals surface area contributed by atoms with Crippen molar-refractivity contribution >= 4 is 33.2 Å². The maximum atomic E-state index is 11.8. The third-order valence-corrected chi connectivity index (χ3v) is 4.13. The van der Waals surface area contributed by atoms with Crippen LogP contribution in [0.1, 0.15) is 25.5 Å². The van der Waals surface area contributed by atoms with Crippen LogP contribution in [0.4, 0.5) is 0 Å². The van der Waals surface area contributed by atoms with Crippen LogP contribution in [0.3, 0.4) is 0 Å². The second-order valence-corrected chi connectivity index (χ2v) is 5.87. The van der Waals surface area contributed by atoms with Crippen molar-refractivity contribution in [3.63, 3.8) is 0 Å². The van der Waals surface area contributed by atoms with Gasteiger partial charge in [0.15, 0.2) is 10.1 Å². The summed E-state index contributed by atoms with van der Waals surface area (Å²) in [7, 11) is 0. The van der Waals surface area contributed by atoms with Gasteiger partial charge in [0.1, 0.15) is 0 Å². The van der Waals surface area contributed by atoms with Crippen LogP contribution in [0.15, 0.2) is 27.4 Å². The molecule has 2 rings (SSSR count). The Morgan fingerprint density at radius 1 is 1.63 bits per heavy atom.